The molecule has 0 atom stereocenters. The van der Waals surface area contributed by atoms with Crippen molar-refractivity contribution in [1.82, 2.24) is 19.9 Å². The van der Waals surface area contributed by atoms with Crippen molar-refractivity contribution in [3.05, 3.63) is 12.0 Å². The average Bonchev–Trinajstić information content (AvgIpc) is 2.60. The van der Waals surface area contributed by atoms with Gasteiger partial charge in [-0.2, -0.15) is 4.98 Å². The topological polar surface area (TPSA) is 82.8 Å². The van der Waals surface area contributed by atoms with Gasteiger partial charge in [0.25, 0.3) is 0 Å². The van der Waals surface area contributed by atoms with Crippen molar-refractivity contribution in [3.63, 3.8) is 0 Å². The smallest absolute Gasteiger partial charge is 0.218 e. The average molecular weight is 179 g/mol. The number of nitrogens with zero attached hydrogens (tertiary/aromatic N) is 4. The molecule has 0 saturated carbocycles. The first kappa shape index (κ1) is 7.78. The van der Waals surface area contributed by atoms with Crippen LogP contribution in [0.25, 0.3) is 11.4 Å². The Kier molecular flexibility index (Phi) is 1.54. The van der Waals surface area contributed by atoms with Gasteiger partial charge >= 0.3 is 0 Å². The van der Waals surface area contributed by atoms with Crippen LogP contribution in [0, 0.1) is 6.92 Å². The minimum atomic E-state index is 0.371. The van der Waals surface area contributed by atoms with Crippen molar-refractivity contribution in [2.24, 2.45) is 7.05 Å². The van der Waals surface area contributed by atoms with Gasteiger partial charge in [0.2, 0.25) is 5.95 Å². The first-order valence-electron chi connectivity index (χ1n) is 3.76. The van der Waals surface area contributed by atoms with Gasteiger partial charge in [0.05, 0.1) is 11.8 Å². The second-order valence-electron chi connectivity index (χ2n) is 2.71. The molecule has 0 radical (unpaired) electrons. The third kappa shape index (κ3) is 1.16. The Morgan fingerprint density at radius 3 is 2.77 bits per heavy atom. The molecule has 0 spiro atoms. The molecule has 0 saturated heterocycles. The van der Waals surface area contributed by atoms with Crippen LogP contribution in [0.2, 0.25) is 0 Å². The molecule has 2 heterocycles. The first-order chi connectivity index (χ1) is 6.18. The van der Waals surface area contributed by atoms with Gasteiger partial charge < -0.3 is 10.3 Å². The van der Waals surface area contributed by atoms with Gasteiger partial charge in [-0.1, -0.05) is 5.16 Å². The summed E-state index contributed by atoms with van der Waals surface area (Å²) in [5.74, 6) is 1.60. The highest BCUT2D eigenvalue weighted by molar-refractivity contribution is 5.56. The number of aryl methyl sites for hydroxylation is 2. The molecule has 0 aromatic carbocycles. The van der Waals surface area contributed by atoms with Crippen LogP contribution in [0.3, 0.4) is 0 Å². The normalized spacial score (nSPS) is 10.6. The second kappa shape index (κ2) is 2.58. The van der Waals surface area contributed by atoms with Crippen LogP contribution in [0.15, 0.2) is 10.7 Å². The zero-order valence-electron chi connectivity index (χ0n) is 7.35. The van der Waals surface area contributed by atoms with Crippen LogP contribution in [0.5, 0.6) is 0 Å². The summed E-state index contributed by atoms with van der Waals surface area (Å²) in [4.78, 5) is 4.04. The third-order valence-electron chi connectivity index (χ3n) is 1.79. The van der Waals surface area contributed by atoms with Crippen LogP contribution in [0.1, 0.15) is 5.76 Å². The van der Waals surface area contributed by atoms with Crippen molar-refractivity contribution < 1.29 is 4.52 Å². The summed E-state index contributed by atoms with van der Waals surface area (Å²) < 4.78 is 6.39. The monoisotopic (exact) mass is 179 g/mol. The van der Waals surface area contributed by atoms with Gasteiger partial charge in [-0.05, 0) is 6.92 Å². The molecule has 0 fully saturated rings. The van der Waals surface area contributed by atoms with E-state index in [1.807, 2.05) is 0 Å². The van der Waals surface area contributed by atoms with Crippen LogP contribution in [0.4, 0.5) is 5.95 Å². The summed E-state index contributed by atoms with van der Waals surface area (Å²) in [5.41, 5.74) is 6.31. The molecule has 0 amide bonds. The van der Waals surface area contributed by atoms with E-state index in [2.05, 4.69) is 15.2 Å². The highest BCUT2D eigenvalue weighted by Gasteiger charge is 2.11. The maximum Gasteiger partial charge on any atom is 0.218 e. The third-order valence-corrected chi connectivity index (χ3v) is 1.79. The number of nitrogens with two attached hydrogens (primary N) is 1. The first-order valence-corrected chi connectivity index (χ1v) is 3.76. The highest BCUT2D eigenvalue weighted by Crippen LogP contribution is 2.19. The van der Waals surface area contributed by atoms with Gasteiger partial charge in [0.15, 0.2) is 5.82 Å². The van der Waals surface area contributed by atoms with Crippen molar-refractivity contribution in [2.75, 3.05) is 5.73 Å². The molecule has 6 nitrogen and oxygen atoms in total. The molecular weight excluding hydrogens is 170 g/mol. The predicted molar refractivity (Wildman–Crippen MR) is 45.6 cm³/mol. The van der Waals surface area contributed by atoms with E-state index in [0.717, 1.165) is 5.56 Å². The molecule has 6 heteroatoms. The van der Waals surface area contributed by atoms with E-state index in [0.29, 0.717) is 17.5 Å². The SMILES string of the molecule is Cc1oncc1-c1nc(N)n(C)n1. The fourth-order valence-electron chi connectivity index (χ4n) is 1.02. The van der Waals surface area contributed by atoms with Crippen LogP contribution in [-0.2, 0) is 7.05 Å². The summed E-state index contributed by atoms with van der Waals surface area (Å²) in [6.45, 7) is 1.80. The number of hydrogen-bond donors (Lipinski definition) is 1. The minimum Gasteiger partial charge on any atom is -0.368 e. The van der Waals surface area contributed by atoms with E-state index in [1.54, 1.807) is 20.2 Å². The zero-order chi connectivity index (χ0) is 9.42. The fraction of sp³-hybridized carbons (Fsp3) is 0.286. The molecular formula is C7H9N5O. The van der Waals surface area contributed by atoms with Crippen molar-refractivity contribution >= 4 is 5.95 Å². The highest BCUT2D eigenvalue weighted by atomic mass is 16.5. The van der Waals surface area contributed by atoms with E-state index in [1.165, 1.54) is 4.68 Å². The minimum absolute atomic E-state index is 0.371. The van der Waals surface area contributed by atoms with Gasteiger partial charge in [0, 0.05) is 7.05 Å². The quantitative estimate of drug-likeness (QED) is 0.683. The Morgan fingerprint density at radius 2 is 2.31 bits per heavy atom. The Morgan fingerprint density at radius 1 is 1.54 bits per heavy atom. The molecule has 0 unspecified atom stereocenters. The lowest BCUT2D eigenvalue weighted by Gasteiger charge is -1.87. The number of anilines is 1. The zero-order valence-corrected chi connectivity index (χ0v) is 7.35. The summed E-state index contributed by atoms with van der Waals surface area (Å²) in [5, 5.41) is 7.73. The van der Waals surface area contributed by atoms with Gasteiger partial charge in [-0.3, -0.25) is 0 Å². The maximum absolute atomic E-state index is 5.54. The van der Waals surface area contributed by atoms with E-state index in [4.69, 9.17) is 10.3 Å². The van der Waals surface area contributed by atoms with Crippen molar-refractivity contribution in [3.8, 4) is 11.4 Å². The maximum atomic E-state index is 5.54. The predicted octanol–water partition coefficient (Wildman–Crippen LogP) is 0.361. The molecule has 2 rings (SSSR count). The van der Waals surface area contributed by atoms with Gasteiger partial charge in [-0.15, -0.1) is 5.10 Å². The van der Waals surface area contributed by atoms with Crippen LogP contribution < -0.4 is 5.73 Å². The molecule has 68 valence electrons. The molecule has 13 heavy (non-hydrogen) atoms. The molecule has 0 aliphatic carbocycles. The summed E-state index contributed by atoms with van der Waals surface area (Å²) in [6.07, 6.45) is 1.57. The van der Waals surface area contributed by atoms with Crippen molar-refractivity contribution in [1.29, 1.82) is 0 Å². The summed E-state index contributed by atoms with van der Waals surface area (Å²) >= 11 is 0. The van der Waals surface area contributed by atoms with E-state index in [9.17, 15) is 0 Å². The number of hydrogen-bond acceptors (Lipinski definition) is 5. The molecule has 0 aliphatic rings. The Hall–Kier alpha value is -1.85. The molecule has 2 N–H and O–H groups in total. The number of nitrogen functional groups attached to an aromatic ring is 1. The Balaban J connectivity index is 2.53. The number of aromatic nitrogens is 4. The largest absolute Gasteiger partial charge is 0.368 e. The van der Waals surface area contributed by atoms with E-state index in [-0.39, 0.29) is 0 Å². The molecule has 2 aromatic rings. The Labute approximate surface area is 74.4 Å². The fourth-order valence-corrected chi connectivity index (χ4v) is 1.02. The lowest BCUT2D eigenvalue weighted by atomic mass is 10.3. The molecule has 2 aromatic heterocycles. The van der Waals surface area contributed by atoms with Crippen LogP contribution in [-0.4, -0.2) is 19.9 Å². The summed E-state index contributed by atoms with van der Waals surface area (Å²) in [6, 6.07) is 0. The van der Waals surface area contributed by atoms with Gasteiger partial charge in [0.1, 0.15) is 5.76 Å². The summed E-state index contributed by atoms with van der Waals surface area (Å²) in [7, 11) is 1.73. The van der Waals surface area contributed by atoms with E-state index < -0.39 is 0 Å². The second-order valence-corrected chi connectivity index (χ2v) is 2.71. The van der Waals surface area contributed by atoms with E-state index >= 15 is 0 Å². The molecule has 0 aliphatic heterocycles. The van der Waals surface area contributed by atoms with Crippen LogP contribution >= 0.6 is 0 Å². The molecule has 0 bridgehead atoms. The van der Waals surface area contributed by atoms with Gasteiger partial charge in [-0.25, -0.2) is 4.68 Å². The Bertz CT molecular complexity index is 410. The van der Waals surface area contributed by atoms with Crippen molar-refractivity contribution in [2.45, 2.75) is 6.92 Å². The number of rotatable bonds is 1. The standard InChI is InChI=1S/C7H9N5O/c1-4-5(3-9-13-4)6-10-7(8)12(2)11-6/h3H,1-2H3,(H2,8,10,11). The lowest BCUT2D eigenvalue weighted by Crippen LogP contribution is -1.97. The lowest BCUT2D eigenvalue weighted by molar-refractivity contribution is 0.398.